The third-order valence-corrected chi connectivity index (χ3v) is 1.71. The summed E-state index contributed by atoms with van der Waals surface area (Å²) in [5.74, 6) is -0.742. The summed E-state index contributed by atoms with van der Waals surface area (Å²) in [7, 11) is 0. The van der Waals surface area contributed by atoms with Crippen LogP contribution < -0.4 is 5.56 Å². The van der Waals surface area contributed by atoms with Gasteiger partial charge in [0, 0.05) is 10.9 Å². The highest BCUT2D eigenvalue weighted by Crippen LogP contribution is 2.08. The van der Waals surface area contributed by atoms with Gasteiger partial charge in [-0.25, -0.2) is 4.39 Å². The van der Waals surface area contributed by atoms with Crippen LogP contribution in [0.4, 0.5) is 9.09 Å². The van der Waals surface area contributed by atoms with E-state index >= 15 is 0 Å². The van der Waals surface area contributed by atoms with Gasteiger partial charge in [-0.3, -0.25) is 9.50 Å². The molecule has 0 fully saturated rings. The number of para-hydroxylation sites is 1. The second-order valence-electron chi connectivity index (χ2n) is 2.53. The molecule has 0 aliphatic heterocycles. The molecule has 4 heteroatoms. The van der Waals surface area contributed by atoms with E-state index in [2.05, 4.69) is 4.98 Å². The molecular weight excluding hydrogens is 176 g/mol. The molecule has 0 aliphatic carbocycles. The number of fused-ring (bicyclic) bond motifs is 1. The Bertz CT molecular complexity index is 478. The molecule has 68 valence electrons. The standard InChI is InChI=1S/C9H6FNO.FH/c10-7-5-6-3-1-2-4-8(6)11-9(7)12;/h1-5H,(H,11,12);1H. The zero-order chi connectivity index (χ0) is 8.55. The van der Waals surface area contributed by atoms with E-state index in [1.807, 2.05) is 0 Å². The average molecular weight is 183 g/mol. The summed E-state index contributed by atoms with van der Waals surface area (Å²) in [4.78, 5) is 13.2. The van der Waals surface area contributed by atoms with Crippen molar-refractivity contribution < 1.29 is 9.09 Å². The molecule has 2 aromatic rings. The van der Waals surface area contributed by atoms with E-state index in [4.69, 9.17) is 0 Å². The summed E-state index contributed by atoms with van der Waals surface area (Å²) in [5, 5.41) is 0.703. The fourth-order valence-electron chi connectivity index (χ4n) is 1.12. The SMILES string of the molecule is F.O=c1[nH]c2ccccc2cc1F. The second-order valence-corrected chi connectivity index (χ2v) is 2.53. The van der Waals surface area contributed by atoms with Crippen molar-refractivity contribution in [2.45, 2.75) is 0 Å². The van der Waals surface area contributed by atoms with Gasteiger partial charge in [0.15, 0.2) is 5.82 Å². The maximum absolute atomic E-state index is 12.7. The number of pyridine rings is 1. The molecule has 2 nitrogen and oxygen atoms in total. The fraction of sp³-hybridized carbons (Fsp3) is 0. The maximum Gasteiger partial charge on any atom is 0.284 e. The summed E-state index contributed by atoms with van der Waals surface area (Å²) in [6.07, 6.45) is 0. The molecule has 0 saturated heterocycles. The van der Waals surface area contributed by atoms with Gasteiger partial charge in [-0.05, 0) is 12.1 Å². The number of benzene rings is 1. The van der Waals surface area contributed by atoms with Crippen LogP contribution in [0.1, 0.15) is 0 Å². The molecule has 0 amide bonds. The van der Waals surface area contributed by atoms with Crippen LogP contribution in [-0.2, 0) is 0 Å². The van der Waals surface area contributed by atoms with E-state index < -0.39 is 11.4 Å². The number of H-pyrrole nitrogens is 1. The molecule has 0 radical (unpaired) electrons. The normalized spacial score (nSPS) is 9.62. The molecule has 1 aromatic carbocycles. The summed E-state index contributed by atoms with van der Waals surface area (Å²) >= 11 is 0. The van der Waals surface area contributed by atoms with Gasteiger partial charge in [-0.1, -0.05) is 18.2 Å². The predicted octanol–water partition coefficient (Wildman–Crippen LogP) is 1.82. The Morgan fingerprint density at radius 2 is 1.92 bits per heavy atom. The highest BCUT2D eigenvalue weighted by atomic mass is 19.1. The van der Waals surface area contributed by atoms with Crippen molar-refractivity contribution in [3.8, 4) is 0 Å². The quantitative estimate of drug-likeness (QED) is 0.663. The summed E-state index contributed by atoms with van der Waals surface area (Å²) < 4.78 is 12.7. The van der Waals surface area contributed by atoms with E-state index in [-0.39, 0.29) is 4.70 Å². The van der Waals surface area contributed by atoms with Crippen LogP contribution in [0.25, 0.3) is 10.9 Å². The minimum atomic E-state index is -0.742. The lowest BCUT2D eigenvalue weighted by Crippen LogP contribution is -2.09. The van der Waals surface area contributed by atoms with Crippen LogP contribution in [-0.4, -0.2) is 4.98 Å². The van der Waals surface area contributed by atoms with E-state index in [0.29, 0.717) is 10.9 Å². The minimum absolute atomic E-state index is 0. The Balaban J connectivity index is 0.000000845. The first-order chi connectivity index (χ1) is 5.77. The molecule has 1 heterocycles. The lowest BCUT2D eigenvalue weighted by molar-refractivity contribution is 0.612. The molecule has 0 spiro atoms. The minimum Gasteiger partial charge on any atom is -0.319 e. The number of aromatic nitrogens is 1. The number of nitrogens with one attached hydrogen (secondary N) is 1. The third kappa shape index (κ3) is 1.56. The molecule has 1 N–H and O–H groups in total. The van der Waals surface area contributed by atoms with E-state index in [1.54, 1.807) is 24.3 Å². The molecule has 0 saturated carbocycles. The molecule has 2 rings (SSSR count). The number of aromatic amines is 1. The lowest BCUT2D eigenvalue weighted by atomic mass is 10.2. The topological polar surface area (TPSA) is 32.9 Å². The molecular formula is C9H7F2NO. The largest absolute Gasteiger partial charge is 0.319 e. The Morgan fingerprint density at radius 3 is 2.69 bits per heavy atom. The second kappa shape index (κ2) is 3.35. The number of hydrogen-bond acceptors (Lipinski definition) is 1. The van der Waals surface area contributed by atoms with Gasteiger partial charge >= 0.3 is 0 Å². The Morgan fingerprint density at radius 1 is 1.23 bits per heavy atom. The summed E-state index contributed by atoms with van der Waals surface area (Å²) in [6, 6.07) is 8.29. The van der Waals surface area contributed by atoms with Crippen molar-refractivity contribution in [2.24, 2.45) is 0 Å². The van der Waals surface area contributed by atoms with Crippen LogP contribution in [0.3, 0.4) is 0 Å². The molecule has 13 heavy (non-hydrogen) atoms. The average Bonchev–Trinajstić information content (AvgIpc) is 2.07. The zero-order valence-corrected chi connectivity index (χ0v) is 6.58. The first kappa shape index (κ1) is 9.38. The Hall–Kier alpha value is -1.71. The van der Waals surface area contributed by atoms with Crippen molar-refractivity contribution in [1.29, 1.82) is 0 Å². The van der Waals surface area contributed by atoms with Gasteiger partial charge in [-0.15, -0.1) is 0 Å². The van der Waals surface area contributed by atoms with Crippen molar-refractivity contribution in [2.75, 3.05) is 0 Å². The smallest absolute Gasteiger partial charge is 0.284 e. The van der Waals surface area contributed by atoms with Gasteiger partial charge < -0.3 is 4.98 Å². The van der Waals surface area contributed by atoms with Crippen LogP contribution in [0.2, 0.25) is 0 Å². The number of rotatable bonds is 0. The summed E-state index contributed by atoms with van der Waals surface area (Å²) in [6.45, 7) is 0. The molecule has 0 unspecified atom stereocenters. The van der Waals surface area contributed by atoms with E-state index in [0.717, 1.165) is 0 Å². The van der Waals surface area contributed by atoms with Gasteiger partial charge in [0.25, 0.3) is 5.56 Å². The maximum atomic E-state index is 12.7. The van der Waals surface area contributed by atoms with Crippen LogP contribution in [0.5, 0.6) is 0 Å². The lowest BCUT2D eigenvalue weighted by Gasteiger charge is -1.95. The summed E-state index contributed by atoms with van der Waals surface area (Å²) in [5.41, 5.74) is -0.0161. The number of halogens is 2. The molecule has 0 atom stereocenters. The van der Waals surface area contributed by atoms with E-state index in [1.165, 1.54) is 6.07 Å². The van der Waals surface area contributed by atoms with Crippen LogP contribution in [0.15, 0.2) is 35.1 Å². The monoisotopic (exact) mass is 183 g/mol. The van der Waals surface area contributed by atoms with Crippen molar-refractivity contribution in [3.63, 3.8) is 0 Å². The first-order valence-electron chi connectivity index (χ1n) is 3.55. The predicted molar refractivity (Wildman–Crippen MR) is 47.0 cm³/mol. The van der Waals surface area contributed by atoms with Crippen molar-refractivity contribution in [3.05, 3.63) is 46.5 Å². The highest BCUT2D eigenvalue weighted by molar-refractivity contribution is 5.77. The number of hydrogen-bond donors (Lipinski definition) is 1. The first-order valence-corrected chi connectivity index (χ1v) is 3.55. The highest BCUT2D eigenvalue weighted by Gasteiger charge is 1.98. The third-order valence-electron chi connectivity index (χ3n) is 1.71. The zero-order valence-electron chi connectivity index (χ0n) is 6.58. The van der Waals surface area contributed by atoms with E-state index in [9.17, 15) is 9.18 Å². The van der Waals surface area contributed by atoms with Gasteiger partial charge in [0.05, 0.1) is 0 Å². The van der Waals surface area contributed by atoms with Crippen molar-refractivity contribution >= 4 is 10.9 Å². The molecule has 0 bridgehead atoms. The van der Waals surface area contributed by atoms with Crippen molar-refractivity contribution in [1.82, 2.24) is 4.98 Å². The Kier molecular flexibility index (Phi) is 2.41. The van der Waals surface area contributed by atoms with Crippen LogP contribution >= 0.6 is 0 Å². The Labute approximate surface area is 72.4 Å². The van der Waals surface area contributed by atoms with Gasteiger partial charge in [0.2, 0.25) is 0 Å². The fourth-order valence-corrected chi connectivity index (χ4v) is 1.12. The molecule has 0 aliphatic rings. The molecule has 1 aromatic heterocycles. The van der Waals surface area contributed by atoms with Gasteiger partial charge in [0.1, 0.15) is 0 Å². The van der Waals surface area contributed by atoms with Crippen LogP contribution in [0, 0.1) is 5.82 Å². The van der Waals surface area contributed by atoms with Gasteiger partial charge in [-0.2, -0.15) is 0 Å².